The van der Waals surface area contributed by atoms with Gasteiger partial charge in [-0.25, -0.2) is 14.2 Å². The van der Waals surface area contributed by atoms with Crippen LogP contribution in [0.25, 0.3) is 0 Å². The van der Waals surface area contributed by atoms with Gasteiger partial charge in [0.15, 0.2) is 0 Å². The van der Waals surface area contributed by atoms with Crippen molar-refractivity contribution in [1.82, 2.24) is 4.90 Å². The number of hydrogen-bond donors (Lipinski definition) is 1. The van der Waals surface area contributed by atoms with Gasteiger partial charge in [-0.15, -0.1) is 0 Å². The van der Waals surface area contributed by atoms with Gasteiger partial charge in [-0.2, -0.15) is 0 Å². The van der Waals surface area contributed by atoms with Crippen LogP contribution in [0.2, 0.25) is 0 Å². The minimum absolute atomic E-state index is 0.113. The molecule has 0 bridgehead atoms. The number of benzene rings is 1. The number of carboxylic acid groups (broad SMARTS) is 1. The number of nitrogens with zero attached hydrogens (tertiary/aromatic N) is 2. The van der Waals surface area contributed by atoms with Crippen LogP contribution in [0.15, 0.2) is 35.3 Å². The molecule has 2 aliphatic rings. The Hall–Kier alpha value is -2.11. The predicted octanol–water partition coefficient (Wildman–Crippen LogP) is 2.25. The van der Waals surface area contributed by atoms with Crippen molar-refractivity contribution in [3.63, 3.8) is 0 Å². The molecule has 1 fully saturated rings. The highest BCUT2D eigenvalue weighted by Crippen LogP contribution is 2.29. The summed E-state index contributed by atoms with van der Waals surface area (Å²) in [4.78, 5) is 16.6. The van der Waals surface area contributed by atoms with E-state index in [4.69, 9.17) is 9.84 Å². The first kappa shape index (κ1) is 12.9. The van der Waals surface area contributed by atoms with Gasteiger partial charge in [0.2, 0.25) is 5.90 Å². The predicted molar refractivity (Wildman–Crippen MR) is 70.6 cm³/mol. The van der Waals surface area contributed by atoms with Crippen LogP contribution in [-0.4, -0.2) is 47.4 Å². The van der Waals surface area contributed by atoms with E-state index < -0.39 is 18.3 Å². The van der Waals surface area contributed by atoms with Crippen molar-refractivity contribution >= 4 is 12.0 Å². The van der Waals surface area contributed by atoms with Gasteiger partial charge in [0.05, 0.1) is 6.54 Å². The average Bonchev–Trinajstić information content (AvgIpc) is 3.06. The zero-order chi connectivity index (χ0) is 14.1. The van der Waals surface area contributed by atoms with Crippen LogP contribution < -0.4 is 0 Å². The third kappa shape index (κ3) is 2.33. The maximum Gasteiger partial charge on any atom is 0.408 e. The zero-order valence-corrected chi connectivity index (χ0v) is 10.8. The summed E-state index contributed by atoms with van der Waals surface area (Å²) in [5.74, 6) is 0.335. The molecule has 1 aromatic rings. The van der Waals surface area contributed by atoms with Gasteiger partial charge < -0.3 is 9.84 Å². The molecule has 0 aliphatic carbocycles. The number of carbonyl (C=O) groups is 1. The number of hydrogen-bond acceptors (Lipinski definition) is 3. The Balaban J connectivity index is 1.79. The van der Waals surface area contributed by atoms with Gasteiger partial charge >= 0.3 is 6.09 Å². The highest BCUT2D eigenvalue weighted by Gasteiger charge is 2.41. The van der Waals surface area contributed by atoms with E-state index >= 15 is 0 Å². The van der Waals surface area contributed by atoms with Gasteiger partial charge in [0.1, 0.15) is 24.9 Å². The van der Waals surface area contributed by atoms with Crippen LogP contribution in [0, 0.1) is 0 Å². The SMILES string of the molecule is O=C(O)N1C[C@@H](F)C[C@H]1C1=N[C@H](c2ccccc2)CO1. The van der Waals surface area contributed by atoms with Crippen molar-refractivity contribution in [2.75, 3.05) is 13.2 Å². The molecule has 3 rings (SSSR count). The molecule has 106 valence electrons. The molecule has 1 aromatic carbocycles. The Labute approximate surface area is 115 Å². The second-order valence-corrected chi connectivity index (χ2v) is 4.99. The number of halogens is 1. The van der Waals surface area contributed by atoms with Crippen molar-refractivity contribution in [2.24, 2.45) is 4.99 Å². The van der Waals surface area contributed by atoms with E-state index in [1.807, 2.05) is 30.3 Å². The van der Waals surface area contributed by atoms with E-state index in [0.717, 1.165) is 10.5 Å². The summed E-state index contributed by atoms with van der Waals surface area (Å²) in [7, 11) is 0. The lowest BCUT2D eigenvalue weighted by Crippen LogP contribution is -2.39. The highest BCUT2D eigenvalue weighted by atomic mass is 19.1. The average molecular weight is 278 g/mol. The molecule has 3 atom stereocenters. The Morgan fingerprint density at radius 2 is 2.15 bits per heavy atom. The lowest BCUT2D eigenvalue weighted by Gasteiger charge is -2.19. The molecule has 6 heteroatoms. The number of rotatable bonds is 2. The quantitative estimate of drug-likeness (QED) is 0.902. The van der Waals surface area contributed by atoms with E-state index in [9.17, 15) is 9.18 Å². The third-order valence-electron chi connectivity index (χ3n) is 3.64. The van der Waals surface area contributed by atoms with Crippen LogP contribution in [0.3, 0.4) is 0 Å². The van der Waals surface area contributed by atoms with Gasteiger partial charge in [0.25, 0.3) is 0 Å². The summed E-state index contributed by atoms with van der Waals surface area (Å²) in [6.07, 6.45) is -2.17. The minimum atomic E-state index is -1.15. The topological polar surface area (TPSA) is 62.1 Å². The Bertz CT molecular complexity index is 534. The molecule has 2 heterocycles. The Morgan fingerprint density at radius 1 is 1.40 bits per heavy atom. The molecule has 0 aromatic heterocycles. The maximum absolute atomic E-state index is 13.4. The first-order valence-corrected chi connectivity index (χ1v) is 6.54. The standard InChI is InChI=1S/C14H15FN2O3/c15-10-6-12(17(7-10)14(18)19)13-16-11(8-20-13)9-4-2-1-3-5-9/h1-5,10-12H,6-8H2,(H,18,19)/t10-,11-,12-/m0/s1. The number of amides is 1. The highest BCUT2D eigenvalue weighted by molar-refractivity contribution is 5.87. The minimum Gasteiger partial charge on any atom is -0.477 e. The first-order chi connectivity index (χ1) is 9.65. The van der Waals surface area contributed by atoms with Crippen molar-refractivity contribution < 1.29 is 19.0 Å². The lowest BCUT2D eigenvalue weighted by atomic mass is 10.1. The van der Waals surface area contributed by atoms with Gasteiger partial charge in [-0.3, -0.25) is 4.90 Å². The Kier molecular flexibility index (Phi) is 3.30. The fraction of sp³-hybridized carbons (Fsp3) is 0.429. The normalized spacial score (nSPS) is 29.1. The molecule has 0 spiro atoms. The molecule has 0 saturated carbocycles. The molecule has 1 saturated heterocycles. The summed E-state index contributed by atoms with van der Waals surface area (Å²) in [6.45, 7) is 0.263. The summed E-state index contributed by atoms with van der Waals surface area (Å²) in [6, 6.07) is 8.90. The molecular weight excluding hydrogens is 263 g/mol. The largest absolute Gasteiger partial charge is 0.477 e. The molecule has 1 N–H and O–H groups in total. The van der Waals surface area contributed by atoms with Gasteiger partial charge in [-0.1, -0.05) is 30.3 Å². The molecule has 1 amide bonds. The molecule has 20 heavy (non-hydrogen) atoms. The van der Waals surface area contributed by atoms with Crippen LogP contribution in [0.4, 0.5) is 9.18 Å². The summed E-state index contributed by atoms with van der Waals surface area (Å²) >= 11 is 0. The van der Waals surface area contributed by atoms with E-state index in [0.29, 0.717) is 12.5 Å². The molecular formula is C14H15FN2O3. The van der Waals surface area contributed by atoms with E-state index in [2.05, 4.69) is 4.99 Å². The van der Waals surface area contributed by atoms with Crippen LogP contribution >= 0.6 is 0 Å². The second-order valence-electron chi connectivity index (χ2n) is 4.99. The van der Waals surface area contributed by atoms with E-state index in [1.54, 1.807) is 0 Å². The third-order valence-corrected chi connectivity index (χ3v) is 3.64. The van der Waals surface area contributed by atoms with Gasteiger partial charge in [0, 0.05) is 6.42 Å². The Morgan fingerprint density at radius 3 is 2.85 bits per heavy atom. The van der Waals surface area contributed by atoms with Crippen molar-refractivity contribution in [3.8, 4) is 0 Å². The number of aliphatic imine (C=N–C) groups is 1. The van der Waals surface area contributed by atoms with E-state index in [1.165, 1.54) is 0 Å². The smallest absolute Gasteiger partial charge is 0.408 e. The summed E-state index contributed by atoms with van der Waals surface area (Å²) < 4.78 is 19.0. The van der Waals surface area contributed by atoms with Crippen LogP contribution in [-0.2, 0) is 4.74 Å². The number of alkyl halides is 1. The zero-order valence-electron chi connectivity index (χ0n) is 10.8. The fourth-order valence-corrected chi connectivity index (χ4v) is 2.65. The molecule has 2 aliphatic heterocycles. The van der Waals surface area contributed by atoms with Crippen molar-refractivity contribution in [2.45, 2.75) is 24.7 Å². The monoisotopic (exact) mass is 278 g/mol. The van der Waals surface area contributed by atoms with E-state index in [-0.39, 0.29) is 19.0 Å². The summed E-state index contributed by atoms with van der Waals surface area (Å²) in [5.41, 5.74) is 1.01. The number of ether oxygens (including phenoxy) is 1. The fourth-order valence-electron chi connectivity index (χ4n) is 2.65. The molecule has 5 nitrogen and oxygen atoms in total. The molecule has 0 radical (unpaired) electrons. The van der Waals surface area contributed by atoms with Crippen LogP contribution in [0.5, 0.6) is 0 Å². The van der Waals surface area contributed by atoms with Gasteiger partial charge in [-0.05, 0) is 5.56 Å². The lowest BCUT2D eigenvalue weighted by molar-refractivity contribution is 0.142. The van der Waals surface area contributed by atoms with Crippen molar-refractivity contribution in [1.29, 1.82) is 0 Å². The maximum atomic E-state index is 13.4. The van der Waals surface area contributed by atoms with Crippen molar-refractivity contribution in [3.05, 3.63) is 35.9 Å². The first-order valence-electron chi connectivity index (χ1n) is 6.54. The second kappa shape index (κ2) is 5.11. The molecule has 0 unspecified atom stereocenters. The summed E-state index contributed by atoms with van der Waals surface area (Å²) in [5, 5.41) is 9.09. The number of likely N-dealkylation sites (tertiary alicyclic amines) is 1. The van der Waals surface area contributed by atoms with Crippen LogP contribution in [0.1, 0.15) is 18.0 Å².